The first-order valence-corrected chi connectivity index (χ1v) is 11.9. The molecule has 2 fully saturated rings. The van der Waals surface area contributed by atoms with Crippen LogP contribution in [0.3, 0.4) is 0 Å². The molecular weight excluding hydrogens is 448 g/mol. The van der Waals surface area contributed by atoms with E-state index in [1.54, 1.807) is 48.5 Å². The molecule has 2 heterocycles. The number of nitrogens with zero attached hydrogens (tertiary/aromatic N) is 3. The molecule has 1 N–H and O–H groups in total. The highest BCUT2D eigenvalue weighted by atomic mass is 32.2. The van der Waals surface area contributed by atoms with Crippen LogP contribution in [0.4, 0.5) is 10.5 Å². The lowest BCUT2D eigenvalue weighted by Crippen LogP contribution is -2.44. The van der Waals surface area contributed by atoms with Crippen LogP contribution in [0.2, 0.25) is 0 Å². The second kappa shape index (κ2) is 9.46. The summed E-state index contributed by atoms with van der Waals surface area (Å²) in [5.74, 6) is 0.167. The molecule has 2 aliphatic heterocycles. The van der Waals surface area contributed by atoms with Crippen LogP contribution in [0, 0.1) is 11.3 Å². The van der Waals surface area contributed by atoms with Gasteiger partial charge in [-0.2, -0.15) is 5.26 Å². The number of hydrogen-bond acceptors (Lipinski definition) is 7. The van der Waals surface area contributed by atoms with E-state index in [2.05, 4.69) is 5.32 Å². The van der Waals surface area contributed by atoms with Crippen LogP contribution >= 0.6 is 23.5 Å². The maximum atomic E-state index is 13.2. The van der Waals surface area contributed by atoms with Gasteiger partial charge in [-0.15, -0.1) is 11.8 Å². The van der Waals surface area contributed by atoms with E-state index in [-0.39, 0.29) is 35.3 Å². The zero-order valence-corrected chi connectivity index (χ0v) is 18.4. The molecule has 2 aromatic carbocycles. The number of hydrogen-bond donors (Lipinski definition) is 1. The van der Waals surface area contributed by atoms with Crippen molar-refractivity contribution in [3.05, 3.63) is 65.2 Å². The summed E-state index contributed by atoms with van der Waals surface area (Å²) >= 11 is 2.46. The van der Waals surface area contributed by atoms with Gasteiger partial charge >= 0.3 is 0 Å². The first-order valence-electron chi connectivity index (χ1n) is 9.72. The summed E-state index contributed by atoms with van der Waals surface area (Å²) in [6.07, 6.45) is 0. The molecule has 0 spiro atoms. The molecule has 32 heavy (non-hydrogen) atoms. The van der Waals surface area contributed by atoms with E-state index in [1.165, 1.54) is 21.6 Å². The van der Waals surface area contributed by atoms with Crippen molar-refractivity contribution in [2.45, 2.75) is 12.6 Å². The minimum absolute atomic E-state index is 0.114. The minimum atomic E-state index is -0.634. The first-order chi connectivity index (χ1) is 15.5. The molecule has 0 radical (unpaired) electrons. The van der Waals surface area contributed by atoms with Gasteiger partial charge in [-0.25, -0.2) is 0 Å². The van der Waals surface area contributed by atoms with Crippen LogP contribution in [0.5, 0.6) is 0 Å². The Morgan fingerprint density at radius 1 is 1.16 bits per heavy atom. The molecule has 2 aliphatic rings. The molecule has 4 amide bonds. The van der Waals surface area contributed by atoms with Crippen molar-refractivity contribution in [3.63, 3.8) is 0 Å². The molecule has 8 nitrogen and oxygen atoms in total. The van der Waals surface area contributed by atoms with E-state index in [9.17, 15) is 19.2 Å². The number of carbonyl (C=O) groups excluding carboxylic acids is 4. The predicted molar refractivity (Wildman–Crippen MR) is 122 cm³/mol. The average Bonchev–Trinajstić information content (AvgIpc) is 3.42. The average molecular weight is 467 g/mol. The van der Waals surface area contributed by atoms with Gasteiger partial charge < -0.3 is 10.2 Å². The number of anilines is 1. The Morgan fingerprint density at radius 2 is 1.94 bits per heavy atom. The Labute approximate surface area is 192 Å². The molecule has 1 atom stereocenters. The Morgan fingerprint density at radius 3 is 2.62 bits per heavy atom. The predicted octanol–water partition coefficient (Wildman–Crippen LogP) is 2.91. The summed E-state index contributed by atoms with van der Waals surface area (Å²) < 4.78 is 0. The number of imide groups is 1. The number of thioether (sulfide) groups is 2. The number of carbonyl (C=O) groups is 4. The van der Waals surface area contributed by atoms with Crippen molar-refractivity contribution < 1.29 is 19.2 Å². The third-order valence-electron chi connectivity index (χ3n) is 5.08. The molecule has 0 aromatic heterocycles. The van der Waals surface area contributed by atoms with Crippen molar-refractivity contribution in [2.24, 2.45) is 0 Å². The van der Waals surface area contributed by atoms with Gasteiger partial charge in [-0.05, 0) is 42.0 Å². The Hall–Kier alpha value is -3.29. The fourth-order valence-corrected chi connectivity index (χ4v) is 5.28. The zero-order valence-electron chi connectivity index (χ0n) is 16.8. The van der Waals surface area contributed by atoms with Gasteiger partial charge in [0.2, 0.25) is 11.8 Å². The highest BCUT2D eigenvalue weighted by molar-refractivity contribution is 8.14. The first kappa shape index (κ1) is 21.9. The number of nitrogens with one attached hydrogen (secondary N) is 1. The summed E-state index contributed by atoms with van der Waals surface area (Å²) in [5, 5.41) is 11.4. The fraction of sp³-hybridized carbons (Fsp3) is 0.227. The van der Waals surface area contributed by atoms with Crippen molar-refractivity contribution >= 4 is 52.2 Å². The molecule has 4 rings (SSSR count). The number of nitriles is 1. The van der Waals surface area contributed by atoms with Crippen molar-refractivity contribution in [2.75, 3.05) is 22.7 Å². The van der Waals surface area contributed by atoms with E-state index in [1.807, 2.05) is 6.07 Å². The van der Waals surface area contributed by atoms with Crippen LogP contribution in [0.25, 0.3) is 0 Å². The summed E-state index contributed by atoms with van der Waals surface area (Å²) in [5.41, 5.74) is 2.11. The quantitative estimate of drug-likeness (QED) is 0.721. The molecule has 0 aliphatic carbocycles. The second-order valence-corrected chi connectivity index (χ2v) is 9.13. The van der Waals surface area contributed by atoms with Crippen molar-refractivity contribution in [1.29, 1.82) is 5.26 Å². The van der Waals surface area contributed by atoms with Gasteiger partial charge in [-0.1, -0.05) is 23.9 Å². The normalized spacial score (nSPS) is 18.0. The second-order valence-electron chi connectivity index (χ2n) is 7.20. The van der Waals surface area contributed by atoms with E-state index >= 15 is 0 Å². The Kier molecular flexibility index (Phi) is 6.48. The number of benzene rings is 2. The lowest BCUT2D eigenvalue weighted by molar-refractivity contribution is -0.125. The summed E-state index contributed by atoms with van der Waals surface area (Å²) in [7, 11) is 0. The molecule has 2 aromatic rings. The number of rotatable bonds is 5. The standard InChI is InChI=1S/C22H18N4O4S2/c23-9-14-4-6-17(7-5-14)24-20(28)18-11-31-13-26(18)21(29)16-3-1-2-15(8-16)10-25-19(27)12-32-22(25)30/h1-8,18H,10-13H2,(H,24,28). The third-order valence-corrected chi connectivity index (χ3v) is 6.95. The summed E-state index contributed by atoms with van der Waals surface area (Å²) in [6.45, 7) is 0.114. The van der Waals surface area contributed by atoms with Gasteiger partial charge in [0.05, 0.1) is 29.8 Å². The molecule has 2 saturated heterocycles. The van der Waals surface area contributed by atoms with Crippen LogP contribution in [-0.2, 0) is 16.1 Å². The highest BCUT2D eigenvalue weighted by Gasteiger charge is 2.35. The van der Waals surface area contributed by atoms with E-state index in [0.29, 0.717) is 34.0 Å². The largest absolute Gasteiger partial charge is 0.324 e. The van der Waals surface area contributed by atoms with Crippen LogP contribution in [0.1, 0.15) is 21.5 Å². The molecule has 10 heteroatoms. The van der Waals surface area contributed by atoms with Gasteiger partial charge in [0, 0.05) is 17.0 Å². The van der Waals surface area contributed by atoms with Gasteiger partial charge in [-0.3, -0.25) is 24.1 Å². The van der Waals surface area contributed by atoms with Crippen LogP contribution in [-0.4, -0.2) is 56.2 Å². The maximum Gasteiger partial charge on any atom is 0.289 e. The molecular formula is C22H18N4O4S2. The third kappa shape index (κ3) is 4.64. The molecule has 0 saturated carbocycles. The van der Waals surface area contributed by atoms with E-state index in [4.69, 9.17) is 5.26 Å². The fourth-order valence-electron chi connectivity index (χ4n) is 3.40. The lowest BCUT2D eigenvalue weighted by atomic mass is 10.1. The minimum Gasteiger partial charge on any atom is -0.324 e. The molecule has 0 bridgehead atoms. The monoisotopic (exact) mass is 466 g/mol. The Bertz CT molecular complexity index is 1110. The SMILES string of the molecule is N#Cc1ccc(NC(=O)C2CSCN2C(=O)c2cccc(CN3C(=O)CSC3=O)c2)cc1. The van der Waals surface area contributed by atoms with Crippen LogP contribution in [0.15, 0.2) is 48.5 Å². The highest BCUT2D eigenvalue weighted by Crippen LogP contribution is 2.26. The van der Waals surface area contributed by atoms with E-state index < -0.39 is 6.04 Å². The molecule has 162 valence electrons. The van der Waals surface area contributed by atoms with E-state index in [0.717, 1.165) is 11.8 Å². The van der Waals surface area contributed by atoms with Crippen molar-refractivity contribution in [1.82, 2.24) is 9.80 Å². The maximum absolute atomic E-state index is 13.2. The van der Waals surface area contributed by atoms with Gasteiger partial charge in [0.1, 0.15) is 6.04 Å². The van der Waals surface area contributed by atoms with Gasteiger partial charge in [0.25, 0.3) is 11.1 Å². The van der Waals surface area contributed by atoms with Crippen molar-refractivity contribution in [3.8, 4) is 6.07 Å². The van der Waals surface area contributed by atoms with Gasteiger partial charge in [0.15, 0.2) is 0 Å². The Balaban J connectivity index is 1.46. The zero-order chi connectivity index (χ0) is 22.7. The van der Waals surface area contributed by atoms with Crippen LogP contribution < -0.4 is 5.32 Å². The molecule has 1 unspecified atom stereocenters. The number of amides is 4. The topological polar surface area (TPSA) is 111 Å². The lowest BCUT2D eigenvalue weighted by Gasteiger charge is -2.23. The summed E-state index contributed by atoms with van der Waals surface area (Å²) in [6, 6.07) is 14.7. The smallest absolute Gasteiger partial charge is 0.289 e. The summed E-state index contributed by atoms with van der Waals surface area (Å²) in [4.78, 5) is 52.4.